The maximum atomic E-state index is 13.4. The van der Waals surface area contributed by atoms with E-state index >= 15 is 0 Å². The molecule has 0 bridgehead atoms. The third kappa shape index (κ3) is 11.0. The molecule has 1 aliphatic carbocycles. The molecule has 1 fully saturated rings. The average molecular weight is 660 g/mol. The SMILES string of the molecule is NC(CCC(=O)NC1C[C@@H](N)C[C@@H](N)C1)C(=O)NC(Cc1ccc(C(F)(F)F)cc1)C(=O)Nc1cc(B(O)O)cc(C(F)(F)F)c1. The molecule has 3 unspecified atom stereocenters. The third-order valence-corrected chi connectivity index (χ3v) is 7.37. The van der Waals surface area contributed by atoms with Crippen molar-refractivity contribution in [3.63, 3.8) is 0 Å². The van der Waals surface area contributed by atoms with Gasteiger partial charge in [0.25, 0.3) is 0 Å². The van der Waals surface area contributed by atoms with Crippen LogP contribution in [0.1, 0.15) is 48.8 Å². The van der Waals surface area contributed by atoms with E-state index in [4.69, 9.17) is 17.2 Å². The van der Waals surface area contributed by atoms with Gasteiger partial charge in [-0.05, 0) is 61.0 Å². The fourth-order valence-electron chi connectivity index (χ4n) is 5.06. The zero-order valence-corrected chi connectivity index (χ0v) is 24.4. The standard InChI is InChI=1S/C28H35BF6N6O5/c30-27(31,32)15-3-1-14(2-4-15)7-23(26(44)40-20-9-16(28(33,34)35)8-17(10-20)29(45)46)41-25(43)22(38)5-6-24(42)39-21-12-18(36)11-19(37)13-21/h1-4,8-10,18-19,21-23,45-46H,5-7,11-13,36-38H2,(H,39,42)(H,40,44)(H,41,43)/t18-,19+,21?,22?,23?. The van der Waals surface area contributed by atoms with Crippen LogP contribution < -0.4 is 38.6 Å². The molecule has 46 heavy (non-hydrogen) atoms. The molecule has 0 radical (unpaired) electrons. The van der Waals surface area contributed by atoms with Gasteiger partial charge in [0.05, 0.1) is 17.2 Å². The van der Waals surface area contributed by atoms with Crippen LogP contribution in [-0.2, 0) is 33.2 Å². The molecule has 2 aromatic rings. The predicted molar refractivity (Wildman–Crippen MR) is 156 cm³/mol. The van der Waals surface area contributed by atoms with Gasteiger partial charge in [-0.15, -0.1) is 0 Å². The molecule has 1 aliphatic rings. The number of hydrogen-bond donors (Lipinski definition) is 8. The van der Waals surface area contributed by atoms with Crippen LogP contribution in [0.2, 0.25) is 0 Å². The minimum absolute atomic E-state index is 0.154. The Morgan fingerprint density at radius 3 is 2.00 bits per heavy atom. The summed E-state index contributed by atoms with van der Waals surface area (Å²) >= 11 is 0. The molecular weight excluding hydrogens is 625 g/mol. The van der Waals surface area contributed by atoms with Gasteiger partial charge in [0.15, 0.2) is 0 Å². The quantitative estimate of drug-likeness (QED) is 0.126. The lowest BCUT2D eigenvalue weighted by molar-refractivity contribution is -0.138. The molecule has 0 aromatic heterocycles. The summed E-state index contributed by atoms with van der Waals surface area (Å²) in [5.74, 6) is -2.42. The summed E-state index contributed by atoms with van der Waals surface area (Å²) in [5, 5.41) is 26.2. The number of rotatable bonds is 11. The lowest BCUT2D eigenvalue weighted by Crippen LogP contribution is -2.51. The van der Waals surface area contributed by atoms with Crippen LogP contribution >= 0.6 is 0 Å². The number of carbonyl (C=O) groups is 3. The normalized spacial score (nSPS) is 19.9. The molecule has 252 valence electrons. The van der Waals surface area contributed by atoms with Crippen molar-refractivity contribution in [2.24, 2.45) is 17.2 Å². The fourth-order valence-corrected chi connectivity index (χ4v) is 5.06. The molecule has 5 atom stereocenters. The first-order chi connectivity index (χ1) is 21.3. The largest absolute Gasteiger partial charge is 0.488 e. The number of carbonyl (C=O) groups excluding carboxylic acids is 3. The van der Waals surface area contributed by atoms with Gasteiger partial charge in [-0.1, -0.05) is 18.2 Å². The monoisotopic (exact) mass is 660 g/mol. The number of nitrogens with two attached hydrogens (primary N) is 3. The molecule has 0 spiro atoms. The van der Waals surface area contributed by atoms with Gasteiger partial charge in [0.1, 0.15) is 6.04 Å². The Morgan fingerprint density at radius 2 is 1.46 bits per heavy atom. The summed E-state index contributed by atoms with van der Waals surface area (Å²) in [6.07, 6.45) is -8.64. The van der Waals surface area contributed by atoms with E-state index in [9.17, 15) is 50.8 Å². The molecular formula is C28H35BF6N6O5. The molecule has 0 aliphatic heterocycles. The van der Waals surface area contributed by atoms with Crippen molar-refractivity contribution >= 4 is 36.0 Å². The second-order valence-corrected chi connectivity index (χ2v) is 11.3. The van der Waals surface area contributed by atoms with E-state index in [1.807, 2.05) is 0 Å². The van der Waals surface area contributed by atoms with Gasteiger partial charge in [-0.25, -0.2) is 0 Å². The predicted octanol–water partition coefficient (Wildman–Crippen LogP) is 0.501. The molecule has 0 saturated heterocycles. The summed E-state index contributed by atoms with van der Waals surface area (Å²) in [6.45, 7) is 0. The van der Waals surface area contributed by atoms with Gasteiger partial charge < -0.3 is 43.2 Å². The van der Waals surface area contributed by atoms with Crippen molar-refractivity contribution in [3.05, 3.63) is 59.2 Å². The molecule has 11 N–H and O–H groups in total. The van der Waals surface area contributed by atoms with E-state index in [0.717, 1.165) is 30.3 Å². The van der Waals surface area contributed by atoms with E-state index in [2.05, 4.69) is 16.0 Å². The maximum absolute atomic E-state index is 13.4. The summed E-state index contributed by atoms with van der Waals surface area (Å²) < 4.78 is 79.3. The van der Waals surface area contributed by atoms with E-state index in [1.54, 1.807) is 0 Å². The smallest absolute Gasteiger partial charge is 0.423 e. The average Bonchev–Trinajstić information content (AvgIpc) is 2.94. The van der Waals surface area contributed by atoms with Gasteiger partial charge in [-0.3, -0.25) is 14.4 Å². The molecule has 3 amide bonds. The van der Waals surface area contributed by atoms with Gasteiger partial charge in [-0.2, -0.15) is 26.3 Å². The molecule has 2 aromatic carbocycles. The number of halogens is 6. The second-order valence-electron chi connectivity index (χ2n) is 11.3. The summed E-state index contributed by atoms with van der Waals surface area (Å²) in [6, 6.07) is 2.00. The molecule has 11 nitrogen and oxygen atoms in total. The van der Waals surface area contributed by atoms with Gasteiger partial charge >= 0.3 is 19.5 Å². The van der Waals surface area contributed by atoms with Crippen molar-refractivity contribution in [2.75, 3.05) is 5.32 Å². The third-order valence-electron chi connectivity index (χ3n) is 7.37. The van der Waals surface area contributed by atoms with Crippen molar-refractivity contribution in [1.29, 1.82) is 0 Å². The van der Waals surface area contributed by atoms with Crippen LogP contribution in [0, 0.1) is 0 Å². The van der Waals surface area contributed by atoms with Gasteiger partial charge in [0.2, 0.25) is 17.7 Å². The molecule has 1 saturated carbocycles. The number of anilines is 1. The zero-order chi connectivity index (χ0) is 34.4. The summed E-state index contributed by atoms with van der Waals surface area (Å²) in [5.41, 5.74) is 14.6. The maximum Gasteiger partial charge on any atom is 0.488 e. The second kappa shape index (κ2) is 15.3. The van der Waals surface area contributed by atoms with Crippen molar-refractivity contribution in [1.82, 2.24) is 10.6 Å². The first-order valence-corrected chi connectivity index (χ1v) is 14.2. The van der Waals surface area contributed by atoms with Crippen LogP contribution in [0.3, 0.4) is 0 Å². The Balaban J connectivity index is 1.75. The van der Waals surface area contributed by atoms with Crippen LogP contribution in [0.15, 0.2) is 42.5 Å². The Labute approximate surface area is 260 Å². The highest BCUT2D eigenvalue weighted by Crippen LogP contribution is 2.31. The topological polar surface area (TPSA) is 206 Å². The van der Waals surface area contributed by atoms with E-state index in [0.29, 0.717) is 31.4 Å². The Kier molecular flexibility index (Phi) is 12.2. The van der Waals surface area contributed by atoms with E-state index in [1.165, 1.54) is 0 Å². The van der Waals surface area contributed by atoms with Crippen LogP contribution in [-0.4, -0.2) is 65.1 Å². The Hall–Kier alpha value is -3.71. The highest BCUT2D eigenvalue weighted by Gasteiger charge is 2.34. The summed E-state index contributed by atoms with van der Waals surface area (Å²) in [7, 11) is -2.32. The Bertz CT molecular complexity index is 1370. The van der Waals surface area contributed by atoms with E-state index < -0.39 is 78.0 Å². The number of amides is 3. The lowest BCUT2D eigenvalue weighted by Gasteiger charge is -2.31. The number of nitrogens with one attached hydrogen (secondary N) is 3. The zero-order valence-electron chi connectivity index (χ0n) is 24.4. The number of benzene rings is 2. The number of alkyl halides is 6. The van der Waals surface area contributed by atoms with Crippen molar-refractivity contribution < 1.29 is 50.8 Å². The van der Waals surface area contributed by atoms with Crippen LogP contribution in [0.5, 0.6) is 0 Å². The van der Waals surface area contributed by atoms with E-state index in [-0.39, 0.29) is 36.5 Å². The van der Waals surface area contributed by atoms with Crippen LogP contribution in [0.4, 0.5) is 32.0 Å². The fraction of sp³-hybridized carbons (Fsp3) is 0.464. The molecule has 0 heterocycles. The first-order valence-electron chi connectivity index (χ1n) is 14.2. The Morgan fingerprint density at radius 1 is 0.870 bits per heavy atom. The van der Waals surface area contributed by atoms with Crippen molar-refractivity contribution in [3.8, 4) is 0 Å². The van der Waals surface area contributed by atoms with Crippen molar-refractivity contribution in [2.45, 2.75) is 81.1 Å². The minimum Gasteiger partial charge on any atom is -0.423 e. The highest BCUT2D eigenvalue weighted by molar-refractivity contribution is 6.58. The highest BCUT2D eigenvalue weighted by atomic mass is 19.4. The molecule has 3 rings (SSSR count). The van der Waals surface area contributed by atoms with Gasteiger partial charge in [0, 0.05) is 36.7 Å². The number of hydrogen-bond acceptors (Lipinski definition) is 8. The first kappa shape index (κ1) is 36.8. The minimum atomic E-state index is -4.92. The lowest BCUT2D eigenvalue weighted by atomic mass is 9.79. The summed E-state index contributed by atoms with van der Waals surface area (Å²) in [4.78, 5) is 38.7. The molecule has 18 heteroatoms. The van der Waals surface area contributed by atoms with Crippen LogP contribution in [0.25, 0.3) is 0 Å².